The molecule has 3 aromatic rings. The van der Waals surface area contributed by atoms with Crippen LogP contribution in [0, 0.1) is 5.82 Å². The van der Waals surface area contributed by atoms with Crippen LogP contribution < -0.4 is 5.43 Å². The van der Waals surface area contributed by atoms with Gasteiger partial charge < -0.3 is 0 Å². The maximum absolute atomic E-state index is 13.4. The van der Waals surface area contributed by atoms with Crippen molar-refractivity contribution in [1.29, 1.82) is 0 Å². The van der Waals surface area contributed by atoms with Crippen LogP contribution in [-0.4, -0.2) is 17.1 Å². The molecule has 1 N–H and O–H groups in total. The fourth-order valence-electron chi connectivity index (χ4n) is 2.07. The Balaban J connectivity index is 1.58. The van der Waals surface area contributed by atoms with Gasteiger partial charge in [0.15, 0.2) is 0 Å². The van der Waals surface area contributed by atoms with Gasteiger partial charge in [0, 0.05) is 21.5 Å². The highest BCUT2D eigenvalue weighted by atomic mass is 35.5. The summed E-state index contributed by atoms with van der Waals surface area (Å²) < 4.78 is 13.4. The number of nitrogens with one attached hydrogen (secondary N) is 1. The molecule has 4 nitrogen and oxygen atoms in total. The van der Waals surface area contributed by atoms with Crippen molar-refractivity contribution in [2.24, 2.45) is 5.10 Å². The van der Waals surface area contributed by atoms with Crippen molar-refractivity contribution >= 4 is 35.1 Å². The summed E-state index contributed by atoms with van der Waals surface area (Å²) in [4.78, 5) is 16.3. The first kappa shape index (κ1) is 17.3. The van der Waals surface area contributed by atoms with Crippen LogP contribution >= 0.6 is 22.9 Å². The molecule has 0 saturated carbocycles. The summed E-state index contributed by atoms with van der Waals surface area (Å²) in [5.41, 5.74) is 4.27. The van der Waals surface area contributed by atoms with Gasteiger partial charge in [-0.15, -0.1) is 11.3 Å². The Morgan fingerprint density at radius 3 is 2.76 bits per heavy atom. The summed E-state index contributed by atoms with van der Waals surface area (Å²) >= 11 is 7.32. The van der Waals surface area contributed by atoms with E-state index in [0.29, 0.717) is 16.3 Å². The summed E-state index contributed by atoms with van der Waals surface area (Å²) in [5.74, 6) is -0.715. The third-order valence-electron chi connectivity index (χ3n) is 3.28. The Hall–Kier alpha value is -2.57. The van der Waals surface area contributed by atoms with Crippen LogP contribution in [0.2, 0.25) is 5.02 Å². The molecule has 0 spiro atoms. The Kier molecular flexibility index (Phi) is 5.53. The Morgan fingerprint density at radius 2 is 2.00 bits per heavy atom. The molecule has 0 aliphatic rings. The average Bonchev–Trinajstić information content (AvgIpc) is 3.05. The van der Waals surface area contributed by atoms with Crippen molar-refractivity contribution in [2.75, 3.05) is 0 Å². The third kappa shape index (κ3) is 4.71. The van der Waals surface area contributed by atoms with Crippen LogP contribution in [0.25, 0.3) is 10.6 Å². The zero-order valence-electron chi connectivity index (χ0n) is 12.9. The standard InChI is InChI=1S/C18H13ClFN3OS/c19-14-7-5-12(6-8-14)18-22-15(11-25-18)9-17(24)23-21-10-13-3-1-2-4-16(13)20/h1-8,10-11H,9H2,(H,23,24). The topological polar surface area (TPSA) is 54.4 Å². The summed E-state index contributed by atoms with van der Waals surface area (Å²) in [6, 6.07) is 13.5. The van der Waals surface area contributed by atoms with Crippen LogP contribution in [0.1, 0.15) is 11.3 Å². The SMILES string of the molecule is O=C(Cc1csc(-c2ccc(Cl)cc2)n1)NN=Cc1ccccc1F. The molecule has 0 bridgehead atoms. The monoisotopic (exact) mass is 373 g/mol. The molecule has 0 atom stereocenters. The number of benzene rings is 2. The highest BCUT2D eigenvalue weighted by molar-refractivity contribution is 7.13. The largest absolute Gasteiger partial charge is 0.273 e. The van der Waals surface area contributed by atoms with Gasteiger partial charge in [-0.1, -0.05) is 41.9 Å². The Bertz CT molecular complexity index is 909. The van der Waals surface area contributed by atoms with E-state index in [1.165, 1.54) is 23.6 Å². The first-order valence-electron chi connectivity index (χ1n) is 7.38. The number of nitrogens with zero attached hydrogens (tertiary/aromatic N) is 2. The molecular formula is C18H13ClFN3OS. The number of thiazole rings is 1. The van der Waals surface area contributed by atoms with Crippen LogP contribution in [0.15, 0.2) is 59.0 Å². The van der Waals surface area contributed by atoms with E-state index < -0.39 is 5.82 Å². The second kappa shape index (κ2) is 8.00. The summed E-state index contributed by atoms with van der Waals surface area (Å²) in [7, 11) is 0. The van der Waals surface area contributed by atoms with Crippen LogP contribution in [0.3, 0.4) is 0 Å². The molecule has 1 heterocycles. The van der Waals surface area contributed by atoms with Crippen LogP contribution in [-0.2, 0) is 11.2 Å². The number of carbonyl (C=O) groups excluding carboxylic acids is 1. The van der Waals surface area contributed by atoms with Gasteiger partial charge in [0.25, 0.3) is 0 Å². The molecule has 0 radical (unpaired) electrons. The van der Waals surface area contributed by atoms with Gasteiger partial charge in [-0.3, -0.25) is 4.79 Å². The molecule has 2 aromatic carbocycles. The van der Waals surface area contributed by atoms with E-state index in [-0.39, 0.29) is 12.3 Å². The van der Waals surface area contributed by atoms with E-state index in [9.17, 15) is 9.18 Å². The van der Waals surface area contributed by atoms with Crippen molar-refractivity contribution < 1.29 is 9.18 Å². The lowest BCUT2D eigenvalue weighted by Gasteiger charge is -1.98. The van der Waals surface area contributed by atoms with Crippen molar-refractivity contribution in [1.82, 2.24) is 10.4 Å². The molecular weight excluding hydrogens is 361 g/mol. The Morgan fingerprint density at radius 1 is 1.24 bits per heavy atom. The summed E-state index contributed by atoms with van der Waals surface area (Å²) in [6.45, 7) is 0. The van der Waals surface area contributed by atoms with Gasteiger partial charge in [0.1, 0.15) is 10.8 Å². The lowest BCUT2D eigenvalue weighted by atomic mass is 10.2. The molecule has 3 rings (SSSR count). The van der Waals surface area contributed by atoms with E-state index >= 15 is 0 Å². The van der Waals surface area contributed by atoms with Gasteiger partial charge in [-0.05, 0) is 18.2 Å². The van der Waals surface area contributed by atoms with Crippen molar-refractivity contribution in [3.63, 3.8) is 0 Å². The van der Waals surface area contributed by atoms with Crippen molar-refractivity contribution in [3.8, 4) is 10.6 Å². The molecule has 1 amide bonds. The molecule has 1 aromatic heterocycles. The predicted molar refractivity (Wildman–Crippen MR) is 98.4 cm³/mol. The summed E-state index contributed by atoms with van der Waals surface area (Å²) in [5, 5.41) is 7.07. The third-order valence-corrected chi connectivity index (χ3v) is 4.47. The van der Waals surface area contributed by atoms with Gasteiger partial charge in [-0.25, -0.2) is 14.8 Å². The molecule has 7 heteroatoms. The van der Waals surface area contributed by atoms with E-state index in [1.807, 2.05) is 17.5 Å². The number of rotatable bonds is 5. The number of aromatic nitrogens is 1. The van der Waals surface area contributed by atoms with Crippen molar-refractivity contribution in [3.05, 3.63) is 76.0 Å². The molecule has 0 fully saturated rings. The molecule has 126 valence electrons. The minimum absolute atomic E-state index is 0.0959. The number of amides is 1. The molecule has 0 aliphatic carbocycles. The number of hydrogen-bond donors (Lipinski definition) is 1. The first-order chi connectivity index (χ1) is 12.1. The minimum Gasteiger partial charge on any atom is -0.273 e. The zero-order valence-corrected chi connectivity index (χ0v) is 14.5. The molecule has 0 aliphatic heterocycles. The highest BCUT2D eigenvalue weighted by Crippen LogP contribution is 2.25. The second-order valence-corrected chi connectivity index (χ2v) is 6.44. The lowest BCUT2D eigenvalue weighted by molar-refractivity contribution is -0.120. The van der Waals surface area contributed by atoms with E-state index in [1.54, 1.807) is 30.3 Å². The zero-order chi connectivity index (χ0) is 17.6. The number of hydrazone groups is 1. The molecule has 25 heavy (non-hydrogen) atoms. The van der Waals surface area contributed by atoms with Crippen LogP contribution in [0.5, 0.6) is 0 Å². The van der Waals surface area contributed by atoms with E-state index in [0.717, 1.165) is 10.6 Å². The smallest absolute Gasteiger partial charge is 0.246 e. The maximum Gasteiger partial charge on any atom is 0.246 e. The minimum atomic E-state index is -0.396. The number of halogens is 2. The first-order valence-corrected chi connectivity index (χ1v) is 8.64. The van der Waals surface area contributed by atoms with Gasteiger partial charge in [-0.2, -0.15) is 5.10 Å². The number of hydrogen-bond acceptors (Lipinski definition) is 4. The Labute approximate surface area is 153 Å². The average molecular weight is 374 g/mol. The quantitative estimate of drug-likeness (QED) is 0.535. The van der Waals surface area contributed by atoms with Gasteiger partial charge >= 0.3 is 0 Å². The van der Waals surface area contributed by atoms with E-state index in [4.69, 9.17) is 11.6 Å². The van der Waals surface area contributed by atoms with Crippen LogP contribution in [0.4, 0.5) is 4.39 Å². The molecule has 0 saturated heterocycles. The second-order valence-electron chi connectivity index (χ2n) is 5.14. The fraction of sp³-hybridized carbons (Fsp3) is 0.0556. The normalized spacial score (nSPS) is 11.0. The summed E-state index contributed by atoms with van der Waals surface area (Å²) in [6.07, 6.45) is 1.37. The number of carbonyl (C=O) groups is 1. The molecule has 0 unspecified atom stereocenters. The fourth-order valence-corrected chi connectivity index (χ4v) is 3.02. The predicted octanol–water partition coefficient (Wildman–Crippen LogP) is 4.30. The van der Waals surface area contributed by atoms with Gasteiger partial charge in [0.05, 0.1) is 18.3 Å². The highest BCUT2D eigenvalue weighted by Gasteiger charge is 2.08. The maximum atomic E-state index is 13.4. The van der Waals surface area contributed by atoms with Gasteiger partial charge in [0.2, 0.25) is 5.91 Å². The van der Waals surface area contributed by atoms with E-state index in [2.05, 4.69) is 15.5 Å². The van der Waals surface area contributed by atoms with Crippen molar-refractivity contribution in [2.45, 2.75) is 6.42 Å². The lowest BCUT2D eigenvalue weighted by Crippen LogP contribution is -2.20.